The van der Waals surface area contributed by atoms with Crippen molar-refractivity contribution in [3.63, 3.8) is 0 Å². The van der Waals surface area contributed by atoms with E-state index in [-0.39, 0.29) is 23.3 Å². The summed E-state index contributed by atoms with van der Waals surface area (Å²) in [4.78, 5) is 35.2. The number of anilines is 1. The highest BCUT2D eigenvalue weighted by Gasteiger charge is 2.26. The van der Waals surface area contributed by atoms with Crippen molar-refractivity contribution in [2.75, 3.05) is 11.9 Å². The van der Waals surface area contributed by atoms with E-state index < -0.39 is 23.4 Å². The van der Waals surface area contributed by atoms with Crippen molar-refractivity contribution in [3.8, 4) is 0 Å². The monoisotopic (exact) mass is 411 g/mol. The fourth-order valence-electron chi connectivity index (χ4n) is 3.00. The van der Waals surface area contributed by atoms with Crippen LogP contribution in [0.3, 0.4) is 0 Å². The lowest BCUT2D eigenvalue weighted by Gasteiger charge is -2.15. The summed E-state index contributed by atoms with van der Waals surface area (Å²) in [6.07, 6.45) is 2.88. The largest absolute Gasteiger partial charge is 0.452 e. The molecule has 158 valence electrons. The molecule has 0 unspecified atom stereocenters. The van der Waals surface area contributed by atoms with Crippen LogP contribution in [0.2, 0.25) is 0 Å². The molecule has 1 aliphatic carbocycles. The van der Waals surface area contributed by atoms with Crippen molar-refractivity contribution < 1.29 is 19.2 Å². The van der Waals surface area contributed by atoms with Crippen molar-refractivity contribution in [2.45, 2.75) is 45.2 Å². The van der Waals surface area contributed by atoms with E-state index >= 15 is 0 Å². The fourth-order valence-corrected chi connectivity index (χ4v) is 3.00. The summed E-state index contributed by atoms with van der Waals surface area (Å²) in [5.41, 5.74) is 2.36. The first-order valence-corrected chi connectivity index (χ1v) is 9.97. The van der Waals surface area contributed by atoms with E-state index in [1.165, 1.54) is 23.8 Å². The van der Waals surface area contributed by atoms with Gasteiger partial charge in [-0.15, -0.1) is 0 Å². The van der Waals surface area contributed by atoms with Gasteiger partial charge < -0.3 is 15.4 Å². The highest BCUT2D eigenvalue weighted by Crippen LogP contribution is 2.31. The summed E-state index contributed by atoms with van der Waals surface area (Å²) in [5.74, 6) is -1.23. The van der Waals surface area contributed by atoms with Crippen LogP contribution in [0, 0.1) is 10.1 Å². The molecular weight excluding hydrogens is 386 g/mol. The van der Waals surface area contributed by atoms with Gasteiger partial charge in [0.1, 0.15) is 5.69 Å². The summed E-state index contributed by atoms with van der Waals surface area (Å²) in [5, 5.41) is 17.2. The van der Waals surface area contributed by atoms with Crippen molar-refractivity contribution in [2.24, 2.45) is 0 Å². The Bertz CT molecular complexity index is 938. The highest BCUT2D eigenvalue weighted by atomic mass is 16.6. The number of nitrogens with zero attached hydrogens (tertiary/aromatic N) is 1. The van der Waals surface area contributed by atoms with Crippen molar-refractivity contribution >= 4 is 23.3 Å². The molecule has 1 amide bonds. The lowest BCUT2D eigenvalue weighted by Crippen LogP contribution is -2.31. The molecule has 1 saturated carbocycles. The highest BCUT2D eigenvalue weighted by molar-refractivity contribution is 5.93. The summed E-state index contributed by atoms with van der Waals surface area (Å²) >= 11 is 0. The second-order valence-corrected chi connectivity index (χ2v) is 7.37. The maximum Gasteiger partial charge on any atom is 0.338 e. The van der Waals surface area contributed by atoms with E-state index in [2.05, 4.69) is 17.6 Å². The second kappa shape index (κ2) is 9.39. The summed E-state index contributed by atoms with van der Waals surface area (Å²) < 4.78 is 5.04. The Balaban J connectivity index is 1.55. The Morgan fingerprint density at radius 1 is 1.20 bits per heavy atom. The predicted octanol–water partition coefficient (Wildman–Crippen LogP) is 3.77. The smallest absolute Gasteiger partial charge is 0.338 e. The molecule has 0 heterocycles. The Kier molecular flexibility index (Phi) is 6.66. The van der Waals surface area contributed by atoms with Gasteiger partial charge in [-0.3, -0.25) is 14.9 Å². The lowest BCUT2D eigenvalue weighted by atomic mass is 10.1. The molecular formula is C22H25N3O5. The van der Waals surface area contributed by atoms with E-state index in [4.69, 9.17) is 4.74 Å². The van der Waals surface area contributed by atoms with Crippen molar-refractivity contribution in [1.82, 2.24) is 5.32 Å². The third-order valence-corrected chi connectivity index (χ3v) is 4.97. The molecule has 2 N–H and O–H groups in total. The molecule has 0 aromatic heterocycles. The molecule has 0 saturated heterocycles. The van der Waals surface area contributed by atoms with Crippen molar-refractivity contribution in [1.29, 1.82) is 0 Å². The molecule has 0 aliphatic heterocycles. The van der Waals surface area contributed by atoms with Gasteiger partial charge in [0.25, 0.3) is 11.6 Å². The molecule has 1 fully saturated rings. The van der Waals surface area contributed by atoms with Gasteiger partial charge in [0.2, 0.25) is 0 Å². The van der Waals surface area contributed by atoms with Gasteiger partial charge in [0, 0.05) is 12.1 Å². The normalized spacial score (nSPS) is 13.9. The van der Waals surface area contributed by atoms with Crippen LogP contribution in [0.25, 0.3) is 0 Å². The number of aryl methyl sites for hydroxylation is 1. The molecule has 0 bridgehead atoms. The first kappa shape index (κ1) is 21.3. The van der Waals surface area contributed by atoms with Crippen LogP contribution >= 0.6 is 0 Å². The van der Waals surface area contributed by atoms with E-state index in [9.17, 15) is 19.7 Å². The Labute approximate surface area is 174 Å². The van der Waals surface area contributed by atoms with Crippen LogP contribution in [0.15, 0.2) is 42.5 Å². The van der Waals surface area contributed by atoms with Crippen LogP contribution in [0.4, 0.5) is 11.4 Å². The maximum absolute atomic E-state index is 12.3. The number of nitro groups is 1. The number of hydrogen-bond donors (Lipinski definition) is 2. The number of nitrogens with one attached hydrogen (secondary N) is 2. The number of carbonyl (C=O) groups excluding carboxylic acids is 2. The van der Waals surface area contributed by atoms with E-state index in [1.54, 1.807) is 0 Å². The molecule has 8 nitrogen and oxygen atoms in total. The first-order valence-electron chi connectivity index (χ1n) is 9.97. The minimum atomic E-state index is -0.786. The molecule has 30 heavy (non-hydrogen) atoms. The quantitative estimate of drug-likeness (QED) is 0.369. The SMILES string of the molecule is CCc1ccc([C@@H](C)NC(=O)COC(=O)c2ccc(NC3CC3)c([N+](=O)[O-])c2)cc1. The van der Waals surface area contributed by atoms with Crippen LogP contribution in [0.5, 0.6) is 0 Å². The zero-order valence-electron chi connectivity index (χ0n) is 17.0. The lowest BCUT2D eigenvalue weighted by molar-refractivity contribution is -0.384. The Morgan fingerprint density at radius 2 is 1.90 bits per heavy atom. The van der Waals surface area contributed by atoms with Gasteiger partial charge in [-0.2, -0.15) is 0 Å². The van der Waals surface area contributed by atoms with Crippen LogP contribution in [-0.4, -0.2) is 29.4 Å². The molecule has 3 rings (SSSR count). The Morgan fingerprint density at radius 3 is 2.50 bits per heavy atom. The molecule has 0 spiro atoms. The Hall–Kier alpha value is -3.42. The van der Waals surface area contributed by atoms with Crippen molar-refractivity contribution in [3.05, 3.63) is 69.3 Å². The number of esters is 1. The number of ether oxygens (including phenoxy) is 1. The molecule has 2 aromatic carbocycles. The number of carbonyl (C=O) groups is 2. The van der Waals surface area contributed by atoms with Crippen LogP contribution in [0.1, 0.15) is 54.2 Å². The summed E-state index contributed by atoms with van der Waals surface area (Å²) in [7, 11) is 0. The van der Waals surface area contributed by atoms with Crippen LogP contribution < -0.4 is 10.6 Å². The van der Waals surface area contributed by atoms with Crippen LogP contribution in [-0.2, 0) is 16.0 Å². The molecule has 2 aromatic rings. The number of rotatable bonds is 9. The first-order chi connectivity index (χ1) is 14.4. The van der Waals surface area contributed by atoms with Gasteiger partial charge in [0.15, 0.2) is 6.61 Å². The minimum Gasteiger partial charge on any atom is -0.452 e. The minimum absolute atomic E-state index is 0.0269. The standard InChI is InChI=1S/C22H25N3O5/c1-3-15-4-6-16(7-5-15)14(2)23-21(26)13-30-22(27)17-8-11-19(24-18-9-10-18)20(12-17)25(28)29/h4-8,11-12,14,18,24H,3,9-10,13H2,1-2H3,(H,23,26)/t14-/m1/s1. The second-order valence-electron chi connectivity index (χ2n) is 7.37. The third kappa shape index (κ3) is 5.56. The van der Waals surface area contributed by atoms with Gasteiger partial charge in [-0.05, 0) is 49.4 Å². The predicted molar refractivity (Wildman–Crippen MR) is 112 cm³/mol. The average molecular weight is 411 g/mol. The number of benzene rings is 2. The zero-order valence-corrected chi connectivity index (χ0v) is 17.0. The number of hydrogen-bond acceptors (Lipinski definition) is 6. The summed E-state index contributed by atoms with van der Waals surface area (Å²) in [6.45, 7) is 3.45. The molecule has 0 radical (unpaired) electrons. The number of nitro benzene ring substituents is 1. The van der Waals surface area contributed by atoms with Gasteiger partial charge in [-0.1, -0.05) is 31.2 Å². The molecule has 1 atom stereocenters. The van der Waals surface area contributed by atoms with Gasteiger partial charge >= 0.3 is 5.97 Å². The topological polar surface area (TPSA) is 111 Å². The van der Waals surface area contributed by atoms with Gasteiger partial charge in [0.05, 0.1) is 16.5 Å². The third-order valence-electron chi connectivity index (χ3n) is 4.97. The van der Waals surface area contributed by atoms with E-state index in [0.29, 0.717) is 5.69 Å². The summed E-state index contributed by atoms with van der Waals surface area (Å²) in [6, 6.07) is 12.0. The van der Waals surface area contributed by atoms with Gasteiger partial charge in [-0.25, -0.2) is 4.79 Å². The zero-order chi connectivity index (χ0) is 21.7. The molecule has 8 heteroatoms. The molecule has 1 aliphatic rings. The number of amides is 1. The van der Waals surface area contributed by atoms with E-state index in [1.807, 2.05) is 31.2 Å². The average Bonchev–Trinajstić information content (AvgIpc) is 3.56. The van der Waals surface area contributed by atoms with E-state index in [0.717, 1.165) is 24.8 Å². The fraction of sp³-hybridized carbons (Fsp3) is 0.364. The maximum atomic E-state index is 12.3.